The third-order valence-corrected chi connectivity index (χ3v) is 4.65. The average Bonchev–Trinajstić information content (AvgIpc) is 2.66. The van der Waals surface area contributed by atoms with E-state index in [2.05, 4.69) is 26.1 Å². The van der Waals surface area contributed by atoms with Crippen LogP contribution in [-0.2, 0) is 19.7 Å². The Kier molecular flexibility index (Phi) is 7.32. The molecule has 0 aliphatic heterocycles. The monoisotopic (exact) mass is 395 g/mol. The molecule has 0 radical (unpaired) electrons. The highest BCUT2D eigenvalue weighted by atomic mass is 16.5. The molecular formula is C24H29NO4. The minimum absolute atomic E-state index is 0.0342. The molecule has 0 saturated carbocycles. The molecule has 1 N–H and O–H groups in total. The fraction of sp³-hybridized carbons (Fsp3) is 0.375. The Morgan fingerprint density at radius 1 is 0.931 bits per heavy atom. The molecule has 0 spiro atoms. The van der Waals surface area contributed by atoms with Crippen LogP contribution in [0.25, 0.3) is 0 Å². The van der Waals surface area contributed by atoms with E-state index < -0.39 is 11.9 Å². The second-order valence-electron chi connectivity index (χ2n) is 8.28. The number of hydrogen-bond acceptors (Lipinski definition) is 4. The molecule has 0 fully saturated rings. The van der Waals surface area contributed by atoms with Crippen LogP contribution in [0.5, 0.6) is 0 Å². The van der Waals surface area contributed by atoms with Crippen molar-refractivity contribution in [3.8, 4) is 0 Å². The maximum atomic E-state index is 12.3. The normalized spacial score (nSPS) is 11.1. The Balaban J connectivity index is 1.78. The summed E-state index contributed by atoms with van der Waals surface area (Å²) in [7, 11) is 0. The summed E-state index contributed by atoms with van der Waals surface area (Å²) < 4.78 is 4.99. The lowest BCUT2D eigenvalue weighted by atomic mass is 9.87. The molecule has 0 atom stereocenters. The van der Waals surface area contributed by atoms with Gasteiger partial charge in [-0.25, -0.2) is 0 Å². The summed E-state index contributed by atoms with van der Waals surface area (Å²) in [5.74, 6) is -1.09. The Morgan fingerprint density at radius 3 is 2.21 bits per heavy atom. The number of rotatable bonds is 7. The zero-order chi connectivity index (χ0) is 21.6. The molecule has 0 aliphatic rings. The molecule has 2 aromatic rings. The number of ketones is 1. The van der Waals surface area contributed by atoms with Gasteiger partial charge in [-0.15, -0.1) is 0 Å². The Morgan fingerprint density at radius 2 is 1.59 bits per heavy atom. The van der Waals surface area contributed by atoms with E-state index in [9.17, 15) is 14.4 Å². The average molecular weight is 395 g/mol. The highest BCUT2D eigenvalue weighted by molar-refractivity contribution is 5.99. The lowest BCUT2D eigenvalue weighted by Crippen LogP contribution is -2.21. The zero-order valence-corrected chi connectivity index (χ0v) is 17.8. The van der Waals surface area contributed by atoms with E-state index in [4.69, 9.17) is 4.74 Å². The van der Waals surface area contributed by atoms with Crippen molar-refractivity contribution in [2.75, 3.05) is 11.9 Å². The zero-order valence-electron chi connectivity index (χ0n) is 17.8. The van der Waals surface area contributed by atoms with E-state index >= 15 is 0 Å². The third kappa shape index (κ3) is 6.86. The first-order valence-corrected chi connectivity index (χ1v) is 9.73. The molecule has 0 saturated heterocycles. The van der Waals surface area contributed by atoms with Crippen molar-refractivity contribution in [3.63, 3.8) is 0 Å². The molecular weight excluding hydrogens is 366 g/mol. The summed E-state index contributed by atoms with van der Waals surface area (Å²) in [6, 6.07) is 13.2. The van der Waals surface area contributed by atoms with Crippen LogP contribution in [0.1, 0.15) is 60.7 Å². The smallest absolute Gasteiger partial charge is 0.306 e. The van der Waals surface area contributed by atoms with Crippen LogP contribution < -0.4 is 5.32 Å². The highest BCUT2D eigenvalue weighted by Crippen LogP contribution is 2.23. The van der Waals surface area contributed by atoms with Crippen LogP contribution in [0.3, 0.4) is 0 Å². The van der Waals surface area contributed by atoms with Crippen molar-refractivity contribution in [2.24, 2.45) is 0 Å². The van der Waals surface area contributed by atoms with Gasteiger partial charge < -0.3 is 10.1 Å². The van der Waals surface area contributed by atoms with E-state index in [-0.39, 0.29) is 30.6 Å². The van der Waals surface area contributed by atoms with Crippen molar-refractivity contribution in [1.82, 2.24) is 0 Å². The second kappa shape index (κ2) is 9.50. The molecule has 154 valence electrons. The van der Waals surface area contributed by atoms with Crippen molar-refractivity contribution in [3.05, 3.63) is 64.7 Å². The number of amides is 1. The SMILES string of the molecule is Cc1ccc(C)c(C(=O)CCC(=O)OCC(=O)Nc2ccc(C(C)(C)C)cc2)c1. The van der Waals surface area contributed by atoms with E-state index in [0.717, 1.165) is 16.7 Å². The number of esters is 1. The van der Waals surface area contributed by atoms with Gasteiger partial charge >= 0.3 is 5.97 Å². The second-order valence-corrected chi connectivity index (χ2v) is 8.28. The number of anilines is 1. The van der Waals surface area contributed by atoms with Crippen LogP contribution in [-0.4, -0.2) is 24.3 Å². The molecule has 2 aromatic carbocycles. The number of hydrogen-bond donors (Lipinski definition) is 1. The van der Waals surface area contributed by atoms with Gasteiger partial charge in [0.05, 0.1) is 6.42 Å². The lowest BCUT2D eigenvalue weighted by molar-refractivity contribution is -0.147. The van der Waals surface area contributed by atoms with Gasteiger partial charge in [-0.3, -0.25) is 14.4 Å². The fourth-order valence-corrected chi connectivity index (χ4v) is 2.86. The minimum atomic E-state index is -0.568. The number of nitrogens with one attached hydrogen (secondary N) is 1. The number of carbonyl (C=O) groups is 3. The Hall–Kier alpha value is -2.95. The summed E-state index contributed by atoms with van der Waals surface area (Å²) in [4.78, 5) is 36.2. The Bertz CT molecular complexity index is 892. The van der Waals surface area contributed by atoms with Gasteiger partial charge in [0.25, 0.3) is 5.91 Å². The largest absolute Gasteiger partial charge is 0.456 e. The number of benzene rings is 2. The number of Topliss-reactive ketones (excluding diaryl/α,β-unsaturated/α-hetero) is 1. The third-order valence-electron chi connectivity index (χ3n) is 4.65. The molecule has 5 heteroatoms. The number of ether oxygens (including phenoxy) is 1. The van der Waals surface area contributed by atoms with Crippen molar-refractivity contribution in [2.45, 2.75) is 52.9 Å². The van der Waals surface area contributed by atoms with Gasteiger partial charge in [-0.2, -0.15) is 0 Å². The van der Waals surface area contributed by atoms with E-state index in [1.165, 1.54) is 0 Å². The predicted octanol–water partition coefficient (Wildman–Crippen LogP) is 4.75. The minimum Gasteiger partial charge on any atom is -0.456 e. The highest BCUT2D eigenvalue weighted by Gasteiger charge is 2.15. The first-order chi connectivity index (χ1) is 13.6. The van der Waals surface area contributed by atoms with E-state index in [1.54, 1.807) is 0 Å². The maximum absolute atomic E-state index is 12.3. The van der Waals surface area contributed by atoms with Crippen LogP contribution in [0.2, 0.25) is 0 Å². The van der Waals surface area contributed by atoms with Crippen LogP contribution in [0.4, 0.5) is 5.69 Å². The summed E-state index contributed by atoms with van der Waals surface area (Å²) in [6.07, 6.45) is -0.00120. The van der Waals surface area contributed by atoms with Gasteiger partial charge in [0.1, 0.15) is 0 Å². The summed E-state index contributed by atoms with van der Waals surface area (Å²) in [5.41, 5.74) is 4.33. The Labute approximate surface area is 172 Å². The summed E-state index contributed by atoms with van der Waals surface area (Å²) in [5, 5.41) is 2.70. The van der Waals surface area contributed by atoms with E-state index in [1.807, 2.05) is 56.3 Å². The molecule has 0 unspecified atom stereocenters. The topological polar surface area (TPSA) is 72.5 Å². The maximum Gasteiger partial charge on any atom is 0.306 e. The number of carbonyl (C=O) groups excluding carboxylic acids is 3. The van der Waals surface area contributed by atoms with Crippen molar-refractivity contribution in [1.29, 1.82) is 0 Å². The lowest BCUT2D eigenvalue weighted by Gasteiger charge is -2.19. The van der Waals surface area contributed by atoms with Crippen LogP contribution in [0, 0.1) is 13.8 Å². The molecule has 29 heavy (non-hydrogen) atoms. The van der Waals surface area contributed by atoms with Crippen molar-refractivity contribution >= 4 is 23.3 Å². The van der Waals surface area contributed by atoms with Gasteiger partial charge in [-0.1, -0.05) is 50.6 Å². The van der Waals surface area contributed by atoms with Crippen LogP contribution in [0.15, 0.2) is 42.5 Å². The summed E-state index contributed by atoms with van der Waals surface area (Å²) >= 11 is 0. The molecule has 1 amide bonds. The van der Waals surface area contributed by atoms with Gasteiger partial charge in [0, 0.05) is 17.7 Å². The molecule has 2 rings (SSSR count). The molecule has 0 aliphatic carbocycles. The van der Waals surface area contributed by atoms with Crippen LogP contribution >= 0.6 is 0 Å². The fourth-order valence-electron chi connectivity index (χ4n) is 2.86. The molecule has 0 heterocycles. The predicted molar refractivity (Wildman–Crippen MR) is 114 cm³/mol. The molecule has 0 bridgehead atoms. The first-order valence-electron chi connectivity index (χ1n) is 9.73. The molecule has 0 aromatic heterocycles. The van der Waals surface area contributed by atoms with Gasteiger partial charge in [0.2, 0.25) is 0 Å². The van der Waals surface area contributed by atoms with Crippen molar-refractivity contribution < 1.29 is 19.1 Å². The van der Waals surface area contributed by atoms with Gasteiger partial charge in [-0.05, 0) is 48.6 Å². The first kappa shape index (κ1) is 22.3. The quantitative estimate of drug-likeness (QED) is 0.543. The molecule has 5 nitrogen and oxygen atoms in total. The van der Waals surface area contributed by atoms with Gasteiger partial charge in [0.15, 0.2) is 12.4 Å². The standard InChI is InChI=1S/C24H29NO4/c1-16-6-7-17(2)20(14-16)21(26)12-13-23(28)29-15-22(27)25-19-10-8-18(9-11-19)24(3,4)5/h6-11,14H,12-13,15H2,1-5H3,(H,25,27). The van der Waals surface area contributed by atoms with E-state index in [0.29, 0.717) is 11.3 Å². The number of aryl methyl sites for hydroxylation is 2. The summed E-state index contributed by atoms with van der Waals surface area (Å²) in [6.45, 7) is 9.75.